The summed E-state index contributed by atoms with van der Waals surface area (Å²) in [5.41, 5.74) is 2.20. The molecule has 0 fully saturated rings. The molecule has 0 saturated heterocycles. The van der Waals surface area contributed by atoms with Gasteiger partial charge >= 0.3 is 0 Å². The van der Waals surface area contributed by atoms with Crippen molar-refractivity contribution in [3.8, 4) is 5.75 Å². The summed E-state index contributed by atoms with van der Waals surface area (Å²) in [6.07, 6.45) is 2.12. The molecule has 1 aromatic carbocycles. The third-order valence-corrected chi connectivity index (χ3v) is 2.50. The van der Waals surface area contributed by atoms with E-state index in [1.165, 1.54) is 5.57 Å². The van der Waals surface area contributed by atoms with Crippen molar-refractivity contribution in [1.82, 2.24) is 5.32 Å². The Morgan fingerprint density at radius 3 is 2.87 bits per heavy atom. The van der Waals surface area contributed by atoms with E-state index in [1.807, 2.05) is 12.1 Å². The molecule has 0 saturated carbocycles. The van der Waals surface area contributed by atoms with Gasteiger partial charge in [0, 0.05) is 23.1 Å². The smallest absolute Gasteiger partial charge is 0.120 e. The molecule has 0 aromatic heterocycles. The van der Waals surface area contributed by atoms with Crippen LogP contribution >= 0.6 is 15.9 Å². The number of phenols is 1. The summed E-state index contributed by atoms with van der Waals surface area (Å²) >= 11 is 3.38. The van der Waals surface area contributed by atoms with Crippen molar-refractivity contribution in [2.24, 2.45) is 0 Å². The standard InChI is InChI=1S/C12H16BrNO/c1-9(2)5-6-14-8-10-7-11(13)3-4-12(10)15/h3-5,7,14-15H,6,8H2,1-2H3. The third-order valence-electron chi connectivity index (χ3n) is 2.01. The second kappa shape index (κ2) is 5.93. The van der Waals surface area contributed by atoms with E-state index < -0.39 is 0 Å². The van der Waals surface area contributed by atoms with Crippen LogP contribution in [0.5, 0.6) is 5.75 Å². The minimum absolute atomic E-state index is 0.336. The highest BCUT2D eigenvalue weighted by Crippen LogP contribution is 2.21. The second-order valence-corrected chi connectivity index (χ2v) is 4.60. The lowest BCUT2D eigenvalue weighted by molar-refractivity contribution is 0.465. The van der Waals surface area contributed by atoms with Crippen LogP contribution in [0, 0.1) is 0 Å². The van der Waals surface area contributed by atoms with Gasteiger partial charge in [0.15, 0.2) is 0 Å². The molecule has 1 aromatic rings. The molecular formula is C12H16BrNO. The number of benzene rings is 1. The SMILES string of the molecule is CC(C)=CCNCc1cc(Br)ccc1O. The van der Waals surface area contributed by atoms with Crippen LogP contribution in [0.2, 0.25) is 0 Å². The fourth-order valence-corrected chi connectivity index (χ4v) is 1.59. The molecule has 0 bridgehead atoms. The zero-order valence-electron chi connectivity index (χ0n) is 9.05. The first kappa shape index (κ1) is 12.3. The summed E-state index contributed by atoms with van der Waals surface area (Å²) in [6.45, 7) is 5.64. The zero-order chi connectivity index (χ0) is 11.3. The first-order valence-corrected chi connectivity index (χ1v) is 5.70. The van der Waals surface area contributed by atoms with Crippen molar-refractivity contribution in [3.05, 3.63) is 39.9 Å². The molecule has 0 spiro atoms. The van der Waals surface area contributed by atoms with Gasteiger partial charge in [0.25, 0.3) is 0 Å². The average molecular weight is 270 g/mol. The van der Waals surface area contributed by atoms with Crippen LogP contribution < -0.4 is 5.32 Å². The van der Waals surface area contributed by atoms with E-state index in [0.717, 1.165) is 16.6 Å². The van der Waals surface area contributed by atoms with E-state index in [-0.39, 0.29) is 0 Å². The topological polar surface area (TPSA) is 32.3 Å². The van der Waals surface area contributed by atoms with E-state index in [1.54, 1.807) is 6.07 Å². The van der Waals surface area contributed by atoms with E-state index in [9.17, 15) is 5.11 Å². The normalized spacial score (nSPS) is 10.1. The Morgan fingerprint density at radius 2 is 2.20 bits per heavy atom. The highest BCUT2D eigenvalue weighted by molar-refractivity contribution is 9.10. The van der Waals surface area contributed by atoms with Crippen molar-refractivity contribution >= 4 is 15.9 Å². The number of aromatic hydroxyl groups is 1. The third kappa shape index (κ3) is 4.49. The predicted molar refractivity (Wildman–Crippen MR) is 66.9 cm³/mol. The molecule has 2 N–H and O–H groups in total. The molecule has 0 aliphatic carbocycles. The van der Waals surface area contributed by atoms with Crippen LogP contribution in [0.4, 0.5) is 0 Å². The number of rotatable bonds is 4. The van der Waals surface area contributed by atoms with Gasteiger partial charge in [-0.15, -0.1) is 0 Å². The number of nitrogens with one attached hydrogen (secondary N) is 1. The van der Waals surface area contributed by atoms with Crippen molar-refractivity contribution in [3.63, 3.8) is 0 Å². The maximum Gasteiger partial charge on any atom is 0.120 e. The fraction of sp³-hybridized carbons (Fsp3) is 0.333. The lowest BCUT2D eigenvalue weighted by atomic mass is 10.2. The Labute approximate surface area is 99.1 Å². The highest BCUT2D eigenvalue weighted by atomic mass is 79.9. The Kier molecular flexibility index (Phi) is 4.85. The quantitative estimate of drug-likeness (QED) is 0.650. The monoisotopic (exact) mass is 269 g/mol. The molecule has 0 unspecified atom stereocenters. The van der Waals surface area contributed by atoms with Crippen LogP contribution in [0.3, 0.4) is 0 Å². The highest BCUT2D eigenvalue weighted by Gasteiger charge is 2.00. The van der Waals surface area contributed by atoms with Gasteiger partial charge in [-0.3, -0.25) is 0 Å². The number of halogens is 1. The van der Waals surface area contributed by atoms with Gasteiger partial charge in [-0.05, 0) is 32.0 Å². The molecule has 0 radical (unpaired) electrons. The Balaban J connectivity index is 2.50. The first-order chi connectivity index (χ1) is 7.09. The lowest BCUT2D eigenvalue weighted by Crippen LogP contribution is -2.13. The summed E-state index contributed by atoms with van der Waals surface area (Å²) < 4.78 is 0.985. The first-order valence-electron chi connectivity index (χ1n) is 4.91. The average Bonchev–Trinajstić information content (AvgIpc) is 2.17. The molecule has 0 atom stereocenters. The number of allylic oxidation sites excluding steroid dienone is 1. The van der Waals surface area contributed by atoms with Gasteiger partial charge in [-0.2, -0.15) is 0 Å². The van der Waals surface area contributed by atoms with Gasteiger partial charge in [0.05, 0.1) is 0 Å². The summed E-state index contributed by atoms with van der Waals surface area (Å²) in [6, 6.07) is 5.45. The molecule has 82 valence electrons. The largest absolute Gasteiger partial charge is 0.508 e. The molecule has 3 heteroatoms. The van der Waals surface area contributed by atoms with Gasteiger partial charge < -0.3 is 10.4 Å². The van der Waals surface area contributed by atoms with Gasteiger partial charge in [-0.1, -0.05) is 27.6 Å². The second-order valence-electron chi connectivity index (χ2n) is 3.69. The maximum atomic E-state index is 9.57. The Hall–Kier alpha value is -0.800. The van der Waals surface area contributed by atoms with Crippen molar-refractivity contribution in [2.45, 2.75) is 20.4 Å². The molecule has 0 aliphatic rings. The molecule has 0 aliphatic heterocycles. The lowest BCUT2D eigenvalue weighted by Gasteiger charge is -2.05. The van der Waals surface area contributed by atoms with Crippen molar-refractivity contribution in [1.29, 1.82) is 0 Å². The Morgan fingerprint density at radius 1 is 1.47 bits per heavy atom. The molecule has 0 heterocycles. The molecule has 2 nitrogen and oxygen atoms in total. The summed E-state index contributed by atoms with van der Waals surface area (Å²) in [5.74, 6) is 0.336. The molecular weight excluding hydrogens is 254 g/mol. The Bertz CT molecular complexity index is 357. The maximum absolute atomic E-state index is 9.57. The van der Waals surface area contributed by atoms with Gasteiger partial charge in [-0.25, -0.2) is 0 Å². The zero-order valence-corrected chi connectivity index (χ0v) is 10.6. The number of hydrogen-bond acceptors (Lipinski definition) is 2. The van der Waals surface area contributed by atoms with Crippen LogP contribution in [0.15, 0.2) is 34.3 Å². The fourth-order valence-electron chi connectivity index (χ4n) is 1.18. The molecule has 1 rings (SSSR count). The molecule has 15 heavy (non-hydrogen) atoms. The van der Waals surface area contributed by atoms with Crippen LogP contribution in [0.25, 0.3) is 0 Å². The number of hydrogen-bond donors (Lipinski definition) is 2. The van der Waals surface area contributed by atoms with Crippen molar-refractivity contribution in [2.75, 3.05) is 6.54 Å². The minimum atomic E-state index is 0.336. The minimum Gasteiger partial charge on any atom is -0.508 e. The summed E-state index contributed by atoms with van der Waals surface area (Å²) in [4.78, 5) is 0. The molecule has 0 amide bonds. The number of phenolic OH excluding ortho intramolecular Hbond substituents is 1. The van der Waals surface area contributed by atoms with Crippen LogP contribution in [-0.2, 0) is 6.54 Å². The van der Waals surface area contributed by atoms with E-state index in [4.69, 9.17) is 0 Å². The van der Waals surface area contributed by atoms with E-state index in [0.29, 0.717) is 12.3 Å². The van der Waals surface area contributed by atoms with E-state index >= 15 is 0 Å². The van der Waals surface area contributed by atoms with Gasteiger partial charge in [0.2, 0.25) is 0 Å². The summed E-state index contributed by atoms with van der Waals surface area (Å²) in [7, 11) is 0. The van der Waals surface area contributed by atoms with Gasteiger partial charge in [0.1, 0.15) is 5.75 Å². The van der Waals surface area contributed by atoms with Crippen molar-refractivity contribution < 1.29 is 5.11 Å². The summed E-state index contributed by atoms with van der Waals surface area (Å²) in [5, 5.41) is 12.8. The van der Waals surface area contributed by atoms with Crippen LogP contribution in [0.1, 0.15) is 19.4 Å². The van der Waals surface area contributed by atoms with E-state index in [2.05, 4.69) is 41.2 Å². The predicted octanol–water partition coefficient (Wildman–Crippen LogP) is 3.21. The van der Waals surface area contributed by atoms with Crippen LogP contribution in [-0.4, -0.2) is 11.7 Å².